The molecule has 0 bridgehead atoms. The fraction of sp³-hybridized carbons (Fsp3) is 0.438. The summed E-state index contributed by atoms with van der Waals surface area (Å²) in [6.45, 7) is 3.55. The van der Waals surface area contributed by atoms with Crippen molar-refractivity contribution < 1.29 is 29.0 Å². The van der Waals surface area contributed by atoms with Gasteiger partial charge in [0.2, 0.25) is 0 Å². The zero-order chi connectivity index (χ0) is 18.1. The molecular formula is C16H22N2O6. The summed E-state index contributed by atoms with van der Waals surface area (Å²) in [5.41, 5.74) is 0.302. The van der Waals surface area contributed by atoms with Gasteiger partial charge in [0.15, 0.2) is 18.1 Å². The van der Waals surface area contributed by atoms with E-state index in [0.29, 0.717) is 17.1 Å². The van der Waals surface area contributed by atoms with Gasteiger partial charge in [-0.05, 0) is 32.0 Å². The minimum atomic E-state index is -0.990. The van der Waals surface area contributed by atoms with E-state index in [4.69, 9.17) is 14.6 Å². The zero-order valence-corrected chi connectivity index (χ0v) is 13.9. The van der Waals surface area contributed by atoms with Crippen molar-refractivity contribution >= 4 is 17.8 Å². The number of hydrogen-bond acceptors (Lipinski definition) is 5. The molecule has 0 aliphatic heterocycles. The van der Waals surface area contributed by atoms with Gasteiger partial charge in [-0.15, -0.1) is 0 Å². The predicted molar refractivity (Wildman–Crippen MR) is 86.4 cm³/mol. The van der Waals surface area contributed by atoms with E-state index in [0.717, 1.165) is 0 Å². The molecule has 0 unspecified atom stereocenters. The van der Waals surface area contributed by atoms with Crippen molar-refractivity contribution in [3.63, 3.8) is 0 Å². The number of carboxylic acid groups (broad SMARTS) is 1. The Balaban J connectivity index is 2.68. The van der Waals surface area contributed by atoms with Gasteiger partial charge in [-0.25, -0.2) is 0 Å². The average molecular weight is 338 g/mol. The fourth-order valence-corrected chi connectivity index (χ4v) is 1.82. The maximum atomic E-state index is 11.9. The molecule has 0 aromatic heterocycles. The highest BCUT2D eigenvalue weighted by Gasteiger charge is 2.13. The maximum absolute atomic E-state index is 11.9. The normalized spacial score (nSPS) is 10.2. The Kier molecular flexibility index (Phi) is 7.54. The van der Waals surface area contributed by atoms with Crippen molar-refractivity contribution in [2.45, 2.75) is 26.3 Å². The summed E-state index contributed by atoms with van der Waals surface area (Å²) in [6.07, 6.45) is -0.158. The van der Waals surface area contributed by atoms with Crippen LogP contribution < -0.4 is 20.1 Å². The van der Waals surface area contributed by atoms with Gasteiger partial charge in [0.05, 0.1) is 13.5 Å². The standard InChI is InChI=1S/C16H22N2O6/c1-10(2)18-14(19)9-24-12-5-4-11(8-13(12)23-3)16(22)17-7-6-15(20)21/h4-5,8,10H,6-7,9H2,1-3H3,(H,17,22)(H,18,19)(H,20,21). The molecule has 0 aliphatic carbocycles. The SMILES string of the molecule is COc1cc(C(=O)NCCC(=O)O)ccc1OCC(=O)NC(C)C. The third-order valence-electron chi connectivity index (χ3n) is 2.86. The second kappa shape index (κ2) is 9.39. The van der Waals surface area contributed by atoms with Crippen molar-refractivity contribution in [2.75, 3.05) is 20.3 Å². The lowest BCUT2D eigenvalue weighted by molar-refractivity contribution is -0.136. The highest BCUT2D eigenvalue weighted by atomic mass is 16.5. The largest absolute Gasteiger partial charge is 0.493 e. The Morgan fingerprint density at radius 2 is 1.92 bits per heavy atom. The molecule has 24 heavy (non-hydrogen) atoms. The van der Waals surface area contributed by atoms with E-state index in [-0.39, 0.29) is 31.5 Å². The van der Waals surface area contributed by atoms with Crippen LogP contribution in [0.15, 0.2) is 18.2 Å². The van der Waals surface area contributed by atoms with Gasteiger partial charge in [-0.3, -0.25) is 14.4 Å². The minimum absolute atomic E-state index is 0.0138. The number of benzene rings is 1. The average Bonchev–Trinajstić information content (AvgIpc) is 2.51. The second-order valence-corrected chi connectivity index (χ2v) is 5.28. The molecule has 0 atom stereocenters. The number of carbonyl (C=O) groups excluding carboxylic acids is 2. The van der Waals surface area contributed by atoms with Crippen LogP contribution in [-0.4, -0.2) is 49.2 Å². The van der Waals surface area contributed by atoms with E-state index in [1.54, 1.807) is 0 Å². The number of carbonyl (C=O) groups is 3. The van der Waals surface area contributed by atoms with E-state index in [1.165, 1.54) is 25.3 Å². The van der Waals surface area contributed by atoms with Crippen LogP contribution in [0.25, 0.3) is 0 Å². The summed E-state index contributed by atoms with van der Waals surface area (Å²) in [6, 6.07) is 4.51. The van der Waals surface area contributed by atoms with Crippen molar-refractivity contribution in [2.24, 2.45) is 0 Å². The highest BCUT2D eigenvalue weighted by molar-refractivity contribution is 5.95. The summed E-state index contributed by atoms with van der Waals surface area (Å²) in [7, 11) is 1.42. The molecule has 1 aromatic rings. The van der Waals surface area contributed by atoms with E-state index >= 15 is 0 Å². The van der Waals surface area contributed by atoms with Crippen LogP contribution in [0.2, 0.25) is 0 Å². The molecule has 0 aliphatic rings. The maximum Gasteiger partial charge on any atom is 0.305 e. The van der Waals surface area contributed by atoms with Gasteiger partial charge in [-0.1, -0.05) is 0 Å². The number of nitrogens with one attached hydrogen (secondary N) is 2. The molecule has 132 valence electrons. The number of rotatable bonds is 9. The first-order valence-corrected chi connectivity index (χ1v) is 7.43. The van der Waals surface area contributed by atoms with Crippen molar-refractivity contribution in [3.8, 4) is 11.5 Å². The summed E-state index contributed by atoms with van der Waals surface area (Å²) < 4.78 is 10.6. The van der Waals surface area contributed by atoms with E-state index in [1.807, 2.05) is 13.8 Å². The van der Waals surface area contributed by atoms with Gasteiger partial charge >= 0.3 is 5.97 Å². The monoisotopic (exact) mass is 338 g/mol. The lowest BCUT2D eigenvalue weighted by Crippen LogP contribution is -2.34. The molecule has 3 N–H and O–H groups in total. The first kappa shape index (κ1) is 19.3. The summed E-state index contributed by atoms with van der Waals surface area (Å²) >= 11 is 0. The number of hydrogen-bond donors (Lipinski definition) is 3. The number of methoxy groups -OCH3 is 1. The van der Waals surface area contributed by atoms with Crippen LogP contribution >= 0.6 is 0 Å². The minimum Gasteiger partial charge on any atom is -0.493 e. The molecule has 0 saturated carbocycles. The summed E-state index contributed by atoms with van der Waals surface area (Å²) in [5, 5.41) is 13.7. The Hall–Kier alpha value is -2.77. The number of carboxylic acids is 1. The Bertz CT molecular complexity index is 600. The Labute approximate surface area is 140 Å². The molecule has 0 fully saturated rings. The van der Waals surface area contributed by atoms with Crippen LogP contribution in [0.5, 0.6) is 11.5 Å². The molecular weight excluding hydrogens is 316 g/mol. The number of aliphatic carboxylic acids is 1. The number of amides is 2. The van der Waals surface area contributed by atoms with Crippen LogP contribution in [0.3, 0.4) is 0 Å². The van der Waals surface area contributed by atoms with Crippen molar-refractivity contribution in [3.05, 3.63) is 23.8 Å². The van der Waals surface area contributed by atoms with Gasteiger partial charge in [0.1, 0.15) is 0 Å². The van der Waals surface area contributed by atoms with E-state index in [2.05, 4.69) is 10.6 Å². The lowest BCUT2D eigenvalue weighted by atomic mass is 10.2. The highest BCUT2D eigenvalue weighted by Crippen LogP contribution is 2.28. The van der Waals surface area contributed by atoms with Crippen LogP contribution in [-0.2, 0) is 9.59 Å². The van der Waals surface area contributed by atoms with E-state index < -0.39 is 11.9 Å². The van der Waals surface area contributed by atoms with Gasteiger partial charge in [-0.2, -0.15) is 0 Å². The zero-order valence-electron chi connectivity index (χ0n) is 13.9. The lowest BCUT2D eigenvalue weighted by Gasteiger charge is -2.13. The molecule has 0 spiro atoms. The molecule has 2 amide bonds. The summed E-state index contributed by atoms with van der Waals surface area (Å²) in [4.78, 5) is 33.9. The van der Waals surface area contributed by atoms with Gasteiger partial charge in [0, 0.05) is 18.2 Å². The fourth-order valence-electron chi connectivity index (χ4n) is 1.82. The number of ether oxygens (including phenoxy) is 2. The quantitative estimate of drug-likeness (QED) is 0.614. The molecule has 8 nitrogen and oxygen atoms in total. The van der Waals surface area contributed by atoms with Crippen molar-refractivity contribution in [1.29, 1.82) is 0 Å². The van der Waals surface area contributed by atoms with Crippen LogP contribution in [0.4, 0.5) is 0 Å². The molecule has 0 heterocycles. The Morgan fingerprint density at radius 1 is 1.21 bits per heavy atom. The van der Waals surface area contributed by atoms with Gasteiger partial charge in [0.25, 0.3) is 11.8 Å². The molecule has 8 heteroatoms. The summed E-state index contributed by atoms with van der Waals surface area (Å²) in [5.74, 6) is -1.03. The van der Waals surface area contributed by atoms with Crippen LogP contribution in [0.1, 0.15) is 30.6 Å². The third kappa shape index (κ3) is 6.55. The van der Waals surface area contributed by atoms with Crippen LogP contribution in [0, 0.1) is 0 Å². The van der Waals surface area contributed by atoms with E-state index in [9.17, 15) is 14.4 Å². The topological polar surface area (TPSA) is 114 Å². The first-order valence-electron chi connectivity index (χ1n) is 7.43. The van der Waals surface area contributed by atoms with Crippen molar-refractivity contribution in [1.82, 2.24) is 10.6 Å². The molecule has 1 rings (SSSR count). The molecule has 1 aromatic carbocycles. The predicted octanol–water partition coefficient (Wildman–Crippen LogP) is 0.803. The third-order valence-corrected chi connectivity index (χ3v) is 2.86. The Morgan fingerprint density at radius 3 is 2.50 bits per heavy atom. The smallest absolute Gasteiger partial charge is 0.305 e. The first-order chi connectivity index (χ1) is 11.3. The molecule has 0 saturated heterocycles. The molecule has 0 radical (unpaired) electrons. The van der Waals surface area contributed by atoms with Gasteiger partial charge < -0.3 is 25.2 Å². The second-order valence-electron chi connectivity index (χ2n) is 5.28.